The lowest BCUT2D eigenvalue weighted by atomic mass is 9.97. The van der Waals surface area contributed by atoms with Crippen LogP contribution in [-0.4, -0.2) is 29.0 Å². The SMILES string of the molecule is CCCc1nc(COC(=O)C2CCCN(c3ncccc3C(F)(F)F)C2)cs1. The number of carbonyl (C=O) groups excluding carboxylic acids is 1. The third kappa shape index (κ3) is 5.01. The van der Waals surface area contributed by atoms with E-state index >= 15 is 0 Å². The Morgan fingerprint density at radius 1 is 1.43 bits per heavy atom. The van der Waals surface area contributed by atoms with Gasteiger partial charge in [-0.15, -0.1) is 11.3 Å². The molecule has 0 N–H and O–H groups in total. The number of piperidine rings is 1. The zero-order valence-corrected chi connectivity index (χ0v) is 16.4. The number of aryl methyl sites for hydroxylation is 1. The van der Waals surface area contributed by atoms with E-state index in [0.29, 0.717) is 25.1 Å². The maximum absolute atomic E-state index is 13.3. The Labute approximate surface area is 165 Å². The first-order valence-electron chi connectivity index (χ1n) is 9.25. The molecule has 1 fully saturated rings. The van der Waals surface area contributed by atoms with E-state index in [1.807, 2.05) is 5.38 Å². The number of anilines is 1. The second-order valence-electron chi connectivity index (χ2n) is 6.75. The van der Waals surface area contributed by atoms with Gasteiger partial charge in [0.15, 0.2) is 0 Å². The first kappa shape index (κ1) is 20.6. The number of hydrogen-bond donors (Lipinski definition) is 0. The second kappa shape index (κ2) is 8.89. The summed E-state index contributed by atoms with van der Waals surface area (Å²) >= 11 is 1.54. The number of nitrogens with zero attached hydrogens (tertiary/aromatic N) is 3. The highest BCUT2D eigenvalue weighted by Gasteiger charge is 2.37. The Kier molecular flexibility index (Phi) is 6.53. The number of alkyl halides is 3. The lowest BCUT2D eigenvalue weighted by Crippen LogP contribution is -2.40. The highest BCUT2D eigenvalue weighted by molar-refractivity contribution is 7.09. The van der Waals surface area contributed by atoms with E-state index in [9.17, 15) is 18.0 Å². The predicted octanol–water partition coefficient (Wildman–Crippen LogP) is 4.47. The Morgan fingerprint density at radius 2 is 2.25 bits per heavy atom. The lowest BCUT2D eigenvalue weighted by molar-refractivity contribution is -0.150. The predicted molar refractivity (Wildman–Crippen MR) is 100 cm³/mol. The van der Waals surface area contributed by atoms with Crippen LogP contribution in [0.4, 0.5) is 19.0 Å². The van der Waals surface area contributed by atoms with E-state index in [1.165, 1.54) is 28.5 Å². The van der Waals surface area contributed by atoms with Gasteiger partial charge < -0.3 is 9.64 Å². The van der Waals surface area contributed by atoms with Crippen LogP contribution < -0.4 is 4.90 Å². The van der Waals surface area contributed by atoms with Crippen molar-refractivity contribution in [2.75, 3.05) is 18.0 Å². The number of hydrogen-bond acceptors (Lipinski definition) is 6. The maximum atomic E-state index is 13.3. The third-order valence-corrected chi connectivity index (χ3v) is 5.53. The standard InChI is InChI=1S/C19H22F3N3O2S/c1-2-5-16-24-14(12-28-16)11-27-18(26)13-6-4-9-25(10-13)17-15(19(20,21)22)7-3-8-23-17/h3,7-8,12-13H,2,4-6,9-11H2,1H3. The van der Waals surface area contributed by atoms with Crippen LogP contribution in [-0.2, 0) is 28.7 Å². The minimum atomic E-state index is -4.49. The van der Waals surface area contributed by atoms with E-state index in [2.05, 4.69) is 16.9 Å². The molecule has 28 heavy (non-hydrogen) atoms. The molecule has 3 rings (SSSR count). The molecule has 2 aromatic rings. The van der Waals surface area contributed by atoms with Crippen molar-refractivity contribution < 1.29 is 22.7 Å². The normalized spacial score (nSPS) is 17.6. The van der Waals surface area contributed by atoms with Gasteiger partial charge in [0.25, 0.3) is 0 Å². The molecule has 5 nitrogen and oxygen atoms in total. The van der Waals surface area contributed by atoms with Gasteiger partial charge in [-0.3, -0.25) is 4.79 Å². The first-order chi connectivity index (χ1) is 13.4. The van der Waals surface area contributed by atoms with Gasteiger partial charge in [0.1, 0.15) is 12.4 Å². The fourth-order valence-electron chi connectivity index (χ4n) is 3.24. The summed E-state index contributed by atoms with van der Waals surface area (Å²) < 4.78 is 45.2. The van der Waals surface area contributed by atoms with Crippen molar-refractivity contribution in [3.8, 4) is 0 Å². The van der Waals surface area contributed by atoms with E-state index in [-0.39, 0.29) is 19.0 Å². The molecule has 1 saturated heterocycles. The van der Waals surface area contributed by atoms with Gasteiger partial charge in [0, 0.05) is 24.7 Å². The molecular formula is C19H22F3N3O2S. The number of ether oxygens (including phenoxy) is 1. The van der Waals surface area contributed by atoms with Crippen molar-refractivity contribution in [3.63, 3.8) is 0 Å². The number of rotatable bonds is 6. The molecule has 1 aliphatic rings. The zero-order chi connectivity index (χ0) is 20.1. The lowest BCUT2D eigenvalue weighted by Gasteiger charge is -2.33. The van der Waals surface area contributed by atoms with Crippen LogP contribution in [0.5, 0.6) is 0 Å². The average Bonchev–Trinajstić information content (AvgIpc) is 3.13. The Balaban J connectivity index is 1.62. The van der Waals surface area contributed by atoms with Gasteiger partial charge >= 0.3 is 12.1 Å². The largest absolute Gasteiger partial charge is 0.459 e. The van der Waals surface area contributed by atoms with E-state index in [1.54, 1.807) is 0 Å². The molecule has 152 valence electrons. The first-order valence-corrected chi connectivity index (χ1v) is 10.1. The molecule has 0 bridgehead atoms. The summed E-state index contributed by atoms with van der Waals surface area (Å²) in [5.41, 5.74) is -0.0755. The summed E-state index contributed by atoms with van der Waals surface area (Å²) in [5.74, 6) is -1.01. The van der Waals surface area contributed by atoms with E-state index < -0.39 is 23.6 Å². The Bertz CT molecular complexity index is 810. The van der Waals surface area contributed by atoms with Crippen LogP contribution in [0.3, 0.4) is 0 Å². The van der Waals surface area contributed by atoms with Gasteiger partial charge in [-0.2, -0.15) is 13.2 Å². The number of pyridine rings is 1. The summed E-state index contributed by atoms with van der Waals surface area (Å²) in [6.07, 6.45) is -0.0763. The van der Waals surface area contributed by atoms with Crippen molar-refractivity contribution in [3.05, 3.63) is 40.0 Å². The Hall–Kier alpha value is -2.16. The monoisotopic (exact) mass is 413 g/mol. The molecule has 1 unspecified atom stereocenters. The maximum Gasteiger partial charge on any atom is 0.419 e. The highest BCUT2D eigenvalue weighted by atomic mass is 32.1. The topological polar surface area (TPSA) is 55.3 Å². The molecule has 0 amide bonds. The van der Waals surface area contributed by atoms with Crippen LogP contribution in [0, 0.1) is 5.92 Å². The van der Waals surface area contributed by atoms with Crippen LogP contribution >= 0.6 is 11.3 Å². The molecule has 9 heteroatoms. The summed E-state index contributed by atoms with van der Waals surface area (Å²) in [7, 11) is 0. The van der Waals surface area contributed by atoms with Crippen LogP contribution in [0.1, 0.15) is 42.5 Å². The van der Waals surface area contributed by atoms with Crippen molar-refractivity contribution >= 4 is 23.1 Å². The fraction of sp³-hybridized carbons (Fsp3) is 0.526. The van der Waals surface area contributed by atoms with E-state index in [4.69, 9.17) is 4.74 Å². The summed E-state index contributed by atoms with van der Waals surface area (Å²) in [4.78, 5) is 22.3. The number of esters is 1. The minimum Gasteiger partial charge on any atom is -0.459 e. The molecule has 1 atom stereocenters. The summed E-state index contributed by atoms with van der Waals surface area (Å²) in [6.45, 7) is 2.75. The smallest absolute Gasteiger partial charge is 0.419 e. The molecule has 0 aromatic carbocycles. The molecule has 0 spiro atoms. The molecule has 0 aliphatic carbocycles. The number of aromatic nitrogens is 2. The van der Waals surface area contributed by atoms with Crippen LogP contribution in [0.2, 0.25) is 0 Å². The third-order valence-electron chi connectivity index (χ3n) is 4.57. The van der Waals surface area contributed by atoms with Gasteiger partial charge in [0.05, 0.1) is 22.2 Å². The molecular weight excluding hydrogens is 391 g/mol. The molecule has 0 radical (unpaired) electrons. The van der Waals surface area contributed by atoms with Crippen LogP contribution in [0.15, 0.2) is 23.7 Å². The molecule has 3 heterocycles. The average molecular weight is 413 g/mol. The van der Waals surface area contributed by atoms with Gasteiger partial charge in [-0.1, -0.05) is 6.92 Å². The van der Waals surface area contributed by atoms with E-state index in [0.717, 1.165) is 23.9 Å². The number of halogens is 3. The summed E-state index contributed by atoms with van der Waals surface area (Å²) in [6, 6.07) is 2.28. The molecule has 2 aromatic heterocycles. The van der Waals surface area contributed by atoms with Crippen molar-refractivity contribution in [2.45, 2.75) is 45.4 Å². The van der Waals surface area contributed by atoms with Gasteiger partial charge in [0.2, 0.25) is 0 Å². The number of thiazole rings is 1. The second-order valence-corrected chi connectivity index (χ2v) is 7.69. The van der Waals surface area contributed by atoms with Crippen LogP contribution in [0.25, 0.3) is 0 Å². The quantitative estimate of drug-likeness (QED) is 0.654. The summed E-state index contributed by atoms with van der Waals surface area (Å²) in [5, 5.41) is 2.88. The molecule has 0 saturated carbocycles. The fourth-order valence-corrected chi connectivity index (χ4v) is 4.12. The van der Waals surface area contributed by atoms with Crippen molar-refractivity contribution in [2.24, 2.45) is 5.92 Å². The highest BCUT2D eigenvalue weighted by Crippen LogP contribution is 2.36. The van der Waals surface area contributed by atoms with Crippen molar-refractivity contribution in [1.29, 1.82) is 0 Å². The number of carbonyl (C=O) groups is 1. The molecule has 1 aliphatic heterocycles. The van der Waals surface area contributed by atoms with Crippen molar-refractivity contribution in [1.82, 2.24) is 9.97 Å². The Morgan fingerprint density at radius 3 is 3.00 bits per heavy atom. The zero-order valence-electron chi connectivity index (χ0n) is 15.5. The van der Waals surface area contributed by atoms with Gasteiger partial charge in [-0.05, 0) is 37.8 Å². The van der Waals surface area contributed by atoms with Gasteiger partial charge in [-0.25, -0.2) is 9.97 Å². The minimum absolute atomic E-state index is 0.0902.